The summed E-state index contributed by atoms with van der Waals surface area (Å²) in [6.45, 7) is 3.98. The Balaban J connectivity index is 1.77. The Morgan fingerprint density at radius 3 is 2.89 bits per heavy atom. The largest absolute Gasteiger partial charge is 0.407 e. The van der Waals surface area contributed by atoms with Crippen LogP contribution in [0.1, 0.15) is 18.7 Å². The number of nitrogens with one attached hydrogen (secondary N) is 1. The molecule has 2 N–H and O–H groups in total. The van der Waals surface area contributed by atoms with Gasteiger partial charge >= 0.3 is 6.01 Å². The first-order chi connectivity index (χ1) is 9.33. The highest BCUT2D eigenvalue weighted by atomic mass is 16.5. The minimum atomic E-state index is 0.270. The normalized spacial score (nSPS) is 17.1. The predicted octanol–water partition coefficient (Wildman–Crippen LogP) is 0.0143. The van der Waals surface area contributed by atoms with Gasteiger partial charge in [0, 0.05) is 33.4 Å². The molecule has 108 valence electrons. The van der Waals surface area contributed by atoms with Gasteiger partial charge in [0.15, 0.2) is 0 Å². The first-order valence-electron chi connectivity index (χ1n) is 6.71. The molecule has 1 aromatic rings. The highest BCUT2D eigenvalue weighted by Gasteiger charge is 2.22. The van der Waals surface area contributed by atoms with Crippen molar-refractivity contribution in [2.75, 3.05) is 44.9 Å². The summed E-state index contributed by atoms with van der Waals surface area (Å²) >= 11 is 0. The van der Waals surface area contributed by atoms with Crippen molar-refractivity contribution in [2.24, 2.45) is 5.92 Å². The molecule has 1 saturated heterocycles. The number of nitrogens with zero attached hydrogens (tertiary/aromatic N) is 3. The number of anilines is 1. The van der Waals surface area contributed by atoms with Gasteiger partial charge in [0.25, 0.3) is 0 Å². The number of piperidine rings is 1. The molecule has 1 aromatic heterocycles. The third kappa shape index (κ3) is 4.15. The second-order valence-electron chi connectivity index (χ2n) is 4.76. The number of ether oxygens (including phenoxy) is 1. The van der Waals surface area contributed by atoms with Crippen molar-refractivity contribution >= 4 is 6.01 Å². The Kier molecular flexibility index (Phi) is 5.56. The van der Waals surface area contributed by atoms with Gasteiger partial charge in [-0.2, -0.15) is 0 Å². The van der Waals surface area contributed by atoms with E-state index < -0.39 is 0 Å². The Hall–Kier alpha value is -1.18. The molecule has 0 aliphatic carbocycles. The van der Waals surface area contributed by atoms with Gasteiger partial charge in [-0.3, -0.25) is 0 Å². The lowest BCUT2D eigenvalue weighted by atomic mass is 9.98. The van der Waals surface area contributed by atoms with Gasteiger partial charge in [-0.15, -0.1) is 5.10 Å². The van der Waals surface area contributed by atoms with Gasteiger partial charge in [0.2, 0.25) is 5.89 Å². The molecule has 0 atom stereocenters. The van der Waals surface area contributed by atoms with Crippen LogP contribution in [-0.4, -0.2) is 55.3 Å². The maximum absolute atomic E-state index is 9.10. The molecule has 0 bridgehead atoms. The molecule has 0 saturated carbocycles. The average molecular weight is 270 g/mol. The highest BCUT2D eigenvalue weighted by Crippen LogP contribution is 2.21. The average Bonchev–Trinajstić information content (AvgIpc) is 2.92. The Bertz CT molecular complexity index is 364. The van der Waals surface area contributed by atoms with E-state index in [2.05, 4.69) is 20.4 Å². The number of aliphatic hydroxyl groups excluding tert-OH is 1. The molecule has 0 amide bonds. The van der Waals surface area contributed by atoms with Crippen LogP contribution in [-0.2, 0) is 11.3 Å². The smallest absolute Gasteiger partial charge is 0.318 e. The molecular weight excluding hydrogens is 248 g/mol. The van der Waals surface area contributed by atoms with E-state index in [1.807, 2.05) is 0 Å². The summed E-state index contributed by atoms with van der Waals surface area (Å²) in [5.74, 6) is 1.00. The summed E-state index contributed by atoms with van der Waals surface area (Å²) in [5.41, 5.74) is 0. The van der Waals surface area contributed by atoms with Crippen LogP contribution < -0.4 is 10.2 Å². The summed E-state index contributed by atoms with van der Waals surface area (Å²) in [6, 6.07) is 0.583. The number of hydrogen-bond acceptors (Lipinski definition) is 7. The summed E-state index contributed by atoms with van der Waals surface area (Å²) in [7, 11) is 1.67. The van der Waals surface area contributed by atoms with Crippen LogP contribution in [0.2, 0.25) is 0 Å². The second kappa shape index (κ2) is 7.42. The standard InChI is InChI=1S/C12H22N4O3/c1-18-7-4-13-8-11-14-15-12(19-11)16-5-2-10(9-17)3-6-16/h10,13,17H,2-9H2,1H3. The van der Waals surface area contributed by atoms with Crippen LogP contribution in [0, 0.1) is 5.92 Å². The van der Waals surface area contributed by atoms with Crippen LogP contribution in [0.4, 0.5) is 6.01 Å². The molecule has 1 aliphatic heterocycles. The van der Waals surface area contributed by atoms with E-state index in [0.29, 0.717) is 31.0 Å². The van der Waals surface area contributed by atoms with E-state index in [9.17, 15) is 0 Å². The minimum absolute atomic E-state index is 0.270. The monoisotopic (exact) mass is 270 g/mol. The molecule has 7 nitrogen and oxygen atoms in total. The lowest BCUT2D eigenvalue weighted by molar-refractivity contribution is 0.197. The molecular formula is C12H22N4O3. The molecule has 0 aromatic carbocycles. The maximum atomic E-state index is 9.10. The van der Waals surface area contributed by atoms with Crippen LogP contribution in [0.15, 0.2) is 4.42 Å². The van der Waals surface area contributed by atoms with Crippen molar-refractivity contribution in [3.8, 4) is 0 Å². The zero-order valence-electron chi connectivity index (χ0n) is 11.3. The highest BCUT2D eigenvalue weighted by molar-refractivity contribution is 5.24. The summed E-state index contributed by atoms with van der Waals surface area (Å²) in [6.07, 6.45) is 1.95. The molecule has 0 unspecified atom stereocenters. The number of aliphatic hydroxyl groups is 1. The van der Waals surface area contributed by atoms with E-state index in [1.54, 1.807) is 7.11 Å². The lowest BCUT2D eigenvalue weighted by Crippen LogP contribution is -2.34. The second-order valence-corrected chi connectivity index (χ2v) is 4.76. The van der Waals surface area contributed by atoms with E-state index in [4.69, 9.17) is 14.3 Å². The van der Waals surface area contributed by atoms with Gasteiger partial charge in [0.05, 0.1) is 13.2 Å². The zero-order chi connectivity index (χ0) is 13.5. The van der Waals surface area contributed by atoms with Gasteiger partial charge in [-0.25, -0.2) is 0 Å². The van der Waals surface area contributed by atoms with E-state index >= 15 is 0 Å². The first kappa shape index (κ1) is 14.2. The van der Waals surface area contributed by atoms with Crippen LogP contribution in [0.25, 0.3) is 0 Å². The number of methoxy groups -OCH3 is 1. The van der Waals surface area contributed by atoms with Gasteiger partial charge in [-0.05, 0) is 18.8 Å². The van der Waals surface area contributed by atoms with Crippen LogP contribution >= 0.6 is 0 Å². The topological polar surface area (TPSA) is 83.7 Å². The fourth-order valence-electron chi connectivity index (χ4n) is 2.12. The third-order valence-electron chi connectivity index (χ3n) is 3.36. The van der Waals surface area contributed by atoms with Crippen molar-refractivity contribution in [3.63, 3.8) is 0 Å². The molecule has 19 heavy (non-hydrogen) atoms. The van der Waals surface area contributed by atoms with E-state index in [0.717, 1.165) is 32.5 Å². The molecule has 1 fully saturated rings. The first-order valence-corrected chi connectivity index (χ1v) is 6.71. The zero-order valence-corrected chi connectivity index (χ0v) is 11.3. The van der Waals surface area contributed by atoms with E-state index in [1.165, 1.54) is 0 Å². The molecule has 7 heteroatoms. The summed E-state index contributed by atoms with van der Waals surface area (Å²) < 4.78 is 10.6. The van der Waals surface area contributed by atoms with Gasteiger partial charge < -0.3 is 24.5 Å². The molecule has 0 spiro atoms. The Labute approximate surface area is 112 Å². The molecule has 2 heterocycles. The quantitative estimate of drug-likeness (QED) is 0.675. The van der Waals surface area contributed by atoms with Crippen molar-refractivity contribution < 1.29 is 14.3 Å². The van der Waals surface area contributed by atoms with Crippen molar-refractivity contribution in [2.45, 2.75) is 19.4 Å². The molecule has 2 rings (SSSR count). The molecule has 0 radical (unpaired) electrons. The minimum Gasteiger partial charge on any atom is -0.407 e. The van der Waals surface area contributed by atoms with Crippen molar-refractivity contribution in [1.29, 1.82) is 0 Å². The molecule has 1 aliphatic rings. The van der Waals surface area contributed by atoms with Crippen LogP contribution in [0.3, 0.4) is 0 Å². The number of aromatic nitrogens is 2. The third-order valence-corrected chi connectivity index (χ3v) is 3.36. The van der Waals surface area contributed by atoms with E-state index in [-0.39, 0.29) is 6.61 Å². The Morgan fingerprint density at radius 1 is 1.42 bits per heavy atom. The number of rotatable bonds is 7. The predicted molar refractivity (Wildman–Crippen MR) is 69.9 cm³/mol. The van der Waals surface area contributed by atoms with Crippen LogP contribution in [0.5, 0.6) is 0 Å². The fourth-order valence-corrected chi connectivity index (χ4v) is 2.12. The van der Waals surface area contributed by atoms with Crippen molar-refractivity contribution in [3.05, 3.63) is 5.89 Å². The number of hydrogen-bond donors (Lipinski definition) is 2. The van der Waals surface area contributed by atoms with Gasteiger partial charge in [-0.1, -0.05) is 5.10 Å². The Morgan fingerprint density at radius 2 is 2.21 bits per heavy atom. The van der Waals surface area contributed by atoms with Gasteiger partial charge in [0.1, 0.15) is 0 Å². The fraction of sp³-hybridized carbons (Fsp3) is 0.833. The summed E-state index contributed by atoms with van der Waals surface area (Å²) in [5, 5.41) is 20.3. The maximum Gasteiger partial charge on any atom is 0.318 e. The van der Waals surface area contributed by atoms with Crippen molar-refractivity contribution in [1.82, 2.24) is 15.5 Å². The lowest BCUT2D eigenvalue weighted by Gasteiger charge is -2.29. The summed E-state index contributed by atoms with van der Waals surface area (Å²) in [4.78, 5) is 2.08. The SMILES string of the molecule is COCCNCc1nnc(N2CCC(CO)CC2)o1.